The van der Waals surface area contributed by atoms with Gasteiger partial charge < -0.3 is 14.2 Å². The van der Waals surface area contributed by atoms with Gasteiger partial charge in [-0.2, -0.15) is 0 Å². The molecule has 174 valence electrons. The van der Waals surface area contributed by atoms with E-state index in [-0.39, 0.29) is 22.1 Å². The van der Waals surface area contributed by atoms with Gasteiger partial charge in [0.1, 0.15) is 33.6 Å². The lowest BCUT2D eigenvalue weighted by atomic mass is 10.0. The third kappa shape index (κ3) is 5.84. The van der Waals surface area contributed by atoms with E-state index < -0.39 is 9.84 Å². The third-order valence-corrected chi connectivity index (χ3v) is 6.91. The fourth-order valence-electron chi connectivity index (χ4n) is 3.81. The molecule has 0 spiro atoms. The van der Waals surface area contributed by atoms with Crippen LogP contribution in [-0.4, -0.2) is 45.6 Å². The van der Waals surface area contributed by atoms with Crippen molar-refractivity contribution in [3.8, 4) is 17.2 Å². The Morgan fingerprint density at radius 3 is 2.47 bits per heavy atom. The molecule has 0 aromatic heterocycles. The van der Waals surface area contributed by atoms with Crippen molar-refractivity contribution in [1.29, 1.82) is 0 Å². The highest BCUT2D eigenvalue weighted by Gasteiger charge is 2.25. The number of benzene rings is 2. The summed E-state index contributed by atoms with van der Waals surface area (Å²) in [4.78, 5) is 2.13. The molecule has 1 heterocycles. The maximum Gasteiger partial charge on any atom is 0.195 e. The second-order valence-electron chi connectivity index (χ2n) is 9.08. The van der Waals surface area contributed by atoms with Crippen molar-refractivity contribution in [3.63, 3.8) is 0 Å². The van der Waals surface area contributed by atoms with Crippen molar-refractivity contribution >= 4 is 15.9 Å². The Morgan fingerprint density at radius 2 is 1.81 bits per heavy atom. The standard InChI is InChI=1S/C25H33NO5S/c1-18(2)15-26(16-19-7-9-22-20(13-19)11-12-25(3,4)31-22)17-32(27,28)24-10-8-21(29-5)14-23(24)30-6/h7-14,18H,15-17H2,1-6H3. The van der Waals surface area contributed by atoms with E-state index in [0.29, 0.717) is 24.8 Å². The predicted molar refractivity (Wildman–Crippen MR) is 127 cm³/mol. The Bertz CT molecular complexity index is 1090. The largest absolute Gasteiger partial charge is 0.497 e. The fourth-order valence-corrected chi connectivity index (χ4v) is 5.35. The average Bonchev–Trinajstić information content (AvgIpc) is 2.72. The van der Waals surface area contributed by atoms with Crippen molar-refractivity contribution in [2.24, 2.45) is 5.92 Å². The van der Waals surface area contributed by atoms with Gasteiger partial charge in [0.25, 0.3) is 0 Å². The molecule has 3 rings (SSSR count). The van der Waals surface area contributed by atoms with Crippen LogP contribution in [0.5, 0.6) is 17.2 Å². The van der Waals surface area contributed by atoms with Crippen LogP contribution in [0.2, 0.25) is 0 Å². The van der Waals surface area contributed by atoms with Gasteiger partial charge in [0, 0.05) is 24.7 Å². The topological polar surface area (TPSA) is 65.1 Å². The molecule has 7 heteroatoms. The molecule has 0 radical (unpaired) electrons. The van der Waals surface area contributed by atoms with E-state index in [1.165, 1.54) is 14.2 Å². The quantitative estimate of drug-likeness (QED) is 0.538. The van der Waals surface area contributed by atoms with Gasteiger partial charge in [-0.25, -0.2) is 8.42 Å². The highest BCUT2D eigenvalue weighted by molar-refractivity contribution is 7.91. The van der Waals surface area contributed by atoms with E-state index >= 15 is 0 Å². The summed E-state index contributed by atoms with van der Waals surface area (Å²) in [6, 6.07) is 10.8. The Labute approximate surface area is 191 Å². The lowest BCUT2D eigenvalue weighted by Gasteiger charge is -2.29. The van der Waals surface area contributed by atoms with Gasteiger partial charge >= 0.3 is 0 Å². The molecule has 0 aliphatic carbocycles. The molecule has 1 aliphatic heterocycles. The number of sulfone groups is 1. The monoisotopic (exact) mass is 459 g/mol. The zero-order valence-corrected chi connectivity index (χ0v) is 20.5. The first kappa shape index (κ1) is 24.1. The molecule has 0 atom stereocenters. The zero-order chi connectivity index (χ0) is 23.5. The van der Waals surface area contributed by atoms with E-state index in [4.69, 9.17) is 14.2 Å². The minimum Gasteiger partial charge on any atom is -0.497 e. The first-order chi connectivity index (χ1) is 15.0. The number of nitrogens with zero attached hydrogens (tertiary/aromatic N) is 1. The van der Waals surface area contributed by atoms with Gasteiger partial charge in [-0.05, 0) is 55.7 Å². The smallest absolute Gasteiger partial charge is 0.195 e. The van der Waals surface area contributed by atoms with Gasteiger partial charge in [-0.3, -0.25) is 4.90 Å². The molecule has 0 N–H and O–H groups in total. The summed E-state index contributed by atoms with van der Waals surface area (Å²) in [7, 11) is -0.622. The highest BCUT2D eigenvalue weighted by atomic mass is 32.2. The van der Waals surface area contributed by atoms with E-state index in [1.807, 2.05) is 37.0 Å². The van der Waals surface area contributed by atoms with Crippen molar-refractivity contribution in [2.75, 3.05) is 26.6 Å². The van der Waals surface area contributed by atoms with Crippen LogP contribution < -0.4 is 14.2 Å². The van der Waals surface area contributed by atoms with E-state index in [2.05, 4.69) is 26.0 Å². The minimum absolute atomic E-state index is 0.107. The Balaban J connectivity index is 1.85. The van der Waals surface area contributed by atoms with Gasteiger partial charge in [0.2, 0.25) is 0 Å². The molecule has 0 saturated heterocycles. The van der Waals surface area contributed by atoms with Crippen LogP contribution in [0.4, 0.5) is 0 Å². The van der Waals surface area contributed by atoms with Crippen molar-refractivity contribution in [3.05, 3.63) is 53.6 Å². The molecule has 32 heavy (non-hydrogen) atoms. The van der Waals surface area contributed by atoms with E-state index in [9.17, 15) is 8.42 Å². The summed E-state index contributed by atoms with van der Waals surface area (Å²) in [6.07, 6.45) is 4.10. The normalized spacial score (nSPS) is 14.9. The average molecular weight is 460 g/mol. The number of methoxy groups -OCH3 is 2. The van der Waals surface area contributed by atoms with Crippen LogP contribution in [-0.2, 0) is 16.4 Å². The molecule has 0 fully saturated rings. The molecule has 2 aromatic rings. The number of fused-ring (bicyclic) bond motifs is 1. The lowest BCUT2D eigenvalue weighted by molar-refractivity contribution is 0.159. The van der Waals surface area contributed by atoms with E-state index in [1.54, 1.807) is 18.2 Å². The van der Waals surface area contributed by atoms with Crippen LogP contribution in [0, 0.1) is 5.92 Å². The van der Waals surface area contributed by atoms with Crippen LogP contribution in [0.1, 0.15) is 38.8 Å². The molecule has 0 amide bonds. The van der Waals surface area contributed by atoms with Crippen molar-refractivity contribution in [1.82, 2.24) is 4.90 Å². The van der Waals surface area contributed by atoms with Crippen LogP contribution >= 0.6 is 0 Å². The summed E-state index contributed by atoms with van der Waals surface area (Å²) in [5.41, 5.74) is 1.71. The Hall–Kier alpha value is -2.51. The number of hydrogen-bond acceptors (Lipinski definition) is 6. The number of ether oxygens (including phenoxy) is 3. The predicted octanol–water partition coefficient (Wildman–Crippen LogP) is 4.78. The first-order valence-corrected chi connectivity index (χ1v) is 12.4. The van der Waals surface area contributed by atoms with Gasteiger partial charge in [-0.1, -0.05) is 26.0 Å². The van der Waals surface area contributed by atoms with Gasteiger partial charge in [-0.15, -0.1) is 0 Å². The maximum atomic E-state index is 13.3. The summed E-state index contributed by atoms with van der Waals surface area (Å²) in [5.74, 6) is 1.88. The Kier molecular flexibility index (Phi) is 7.20. The highest BCUT2D eigenvalue weighted by Crippen LogP contribution is 2.32. The summed E-state index contributed by atoms with van der Waals surface area (Å²) >= 11 is 0. The lowest BCUT2D eigenvalue weighted by Crippen LogP contribution is -2.33. The first-order valence-electron chi connectivity index (χ1n) is 10.7. The molecule has 0 bridgehead atoms. The van der Waals surface area contributed by atoms with Crippen molar-refractivity contribution < 1.29 is 22.6 Å². The van der Waals surface area contributed by atoms with Crippen LogP contribution in [0.25, 0.3) is 6.08 Å². The van der Waals surface area contributed by atoms with Crippen LogP contribution in [0.15, 0.2) is 47.4 Å². The van der Waals surface area contributed by atoms with Crippen molar-refractivity contribution in [2.45, 2.75) is 44.7 Å². The third-order valence-electron chi connectivity index (χ3n) is 5.20. The maximum absolute atomic E-state index is 13.3. The SMILES string of the molecule is COc1ccc(S(=O)(=O)CN(Cc2ccc3c(c2)C=CC(C)(C)O3)CC(C)C)c(OC)c1. The van der Waals surface area contributed by atoms with Crippen LogP contribution in [0.3, 0.4) is 0 Å². The second kappa shape index (κ2) is 9.55. The minimum atomic E-state index is -3.62. The second-order valence-corrected chi connectivity index (χ2v) is 11.0. The summed E-state index contributed by atoms with van der Waals surface area (Å²) in [6.45, 7) is 9.36. The molecule has 2 aromatic carbocycles. The van der Waals surface area contributed by atoms with E-state index in [0.717, 1.165) is 16.9 Å². The van der Waals surface area contributed by atoms with Gasteiger partial charge in [0.15, 0.2) is 9.84 Å². The number of hydrogen-bond donors (Lipinski definition) is 0. The molecule has 6 nitrogen and oxygen atoms in total. The molecule has 1 aliphatic rings. The molecular formula is C25H33NO5S. The van der Waals surface area contributed by atoms with Gasteiger partial charge in [0.05, 0.1) is 14.2 Å². The number of rotatable bonds is 9. The molecule has 0 unspecified atom stereocenters. The summed E-state index contributed by atoms with van der Waals surface area (Å²) < 4.78 is 43.1. The molecular weight excluding hydrogens is 426 g/mol. The fraction of sp³-hybridized carbons (Fsp3) is 0.440. The zero-order valence-electron chi connectivity index (χ0n) is 19.7. The Morgan fingerprint density at radius 1 is 1.06 bits per heavy atom. The molecule has 0 saturated carbocycles. The summed E-state index contributed by atoms with van der Waals surface area (Å²) in [5, 5.41) is 0.